The van der Waals surface area contributed by atoms with E-state index in [2.05, 4.69) is 5.32 Å². The minimum atomic E-state index is -0.380. The van der Waals surface area contributed by atoms with Gasteiger partial charge in [0.25, 0.3) is 5.91 Å². The number of amides is 2. The van der Waals surface area contributed by atoms with Crippen molar-refractivity contribution in [2.45, 2.75) is 0 Å². The first kappa shape index (κ1) is 22.4. The van der Waals surface area contributed by atoms with Crippen LogP contribution in [0.15, 0.2) is 78.9 Å². The molecule has 168 valence electrons. The van der Waals surface area contributed by atoms with Crippen molar-refractivity contribution in [3.05, 3.63) is 101 Å². The second kappa shape index (κ2) is 10.2. The van der Waals surface area contributed by atoms with Crippen molar-refractivity contribution < 1.29 is 18.8 Å². The Morgan fingerprint density at radius 2 is 1.39 bits per heavy atom. The summed E-state index contributed by atoms with van der Waals surface area (Å²) in [6.45, 7) is 2.21. The normalized spacial score (nSPS) is 14.0. The van der Waals surface area contributed by atoms with Gasteiger partial charge in [-0.15, -0.1) is 0 Å². The van der Waals surface area contributed by atoms with Gasteiger partial charge in [0.1, 0.15) is 5.82 Å². The van der Waals surface area contributed by atoms with Gasteiger partial charge < -0.3 is 10.2 Å². The van der Waals surface area contributed by atoms with E-state index >= 15 is 0 Å². The highest BCUT2D eigenvalue weighted by Gasteiger charge is 2.24. The Hall–Kier alpha value is -3.84. The van der Waals surface area contributed by atoms with Crippen LogP contribution in [0.2, 0.25) is 0 Å². The van der Waals surface area contributed by atoms with Crippen molar-refractivity contribution in [2.75, 3.05) is 38.0 Å². The van der Waals surface area contributed by atoms with Crippen LogP contribution in [0.25, 0.3) is 0 Å². The number of carbonyl (C=O) groups excluding carboxylic acids is 3. The van der Waals surface area contributed by atoms with Crippen molar-refractivity contribution in [3.63, 3.8) is 0 Å². The van der Waals surface area contributed by atoms with Crippen molar-refractivity contribution in [1.29, 1.82) is 0 Å². The molecule has 7 heteroatoms. The molecule has 0 unspecified atom stereocenters. The lowest BCUT2D eigenvalue weighted by Gasteiger charge is -2.34. The zero-order valence-corrected chi connectivity index (χ0v) is 18.0. The largest absolute Gasteiger partial charge is 0.336 e. The first-order chi connectivity index (χ1) is 16.0. The molecule has 0 aliphatic carbocycles. The quantitative estimate of drug-likeness (QED) is 0.590. The zero-order chi connectivity index (χ0) is 23.2. The SMILES string of the molecule is O=C(CN1CCN(C(=O)c2ccc(F)cc2)CC1)Nc1ccccc1C(=O)c1ccccc1. The van der Waals surface area contributed by atoms with Crippen LogP contribution in [-0.2, 0) is 4.79 Å². The molecule has 6 nitrogen and oxygen atoms in total. The fraction of sp³-hybridized carbons (Fsp3) is 0.192. The molecular weight excluding hydrogens is 421 g/mol. The number of hydrogen-bond donors (Lipinski definition) is 1. The van der Waals surface area contributed by atoms with Crippen molar-refractivity contribution in [3.8, 4) is 0 Å². The topological polar surface area (TPSA) is 69.7 Å². The van der Waals surface area contributed by atoms with Gasteiger partial charge in [-0.1, -0.05) is 42.5 Å². The molecule has 0 aromatic heterocycles. The van der Waals surface area contributed by atoms with Gasteiger partial charge in [0.05, 0.1) is 12.2 Å². The number of benzene rings is 3. The number of halogens is 1. The predicted octanol–water partition coefficient (Wildman–Crippen LogP) is 3.45. The molecule has 0 saturated carbocycles. The molecular formula is C26H24FN3O3. The summed E-state index contributed by atoms with van der Waals surface area (Å²) in [5, 5.41) is 2.86. The molecule has 4 rings (SSSR count). The Morgan fingerprint density at radius 3 is 2.09 bits per heavy atom. The fourth-order valence-corrected chi connectivity index (χ4v) is 3.81. The monoisotopic (exact) mass is 445 g/mol. The molecule has 3 aromatic carbocycles. The van der Waals surface area contributed by atoms with E-state index in [1.165, 1.54) is 24.3 Å². The maximum Gasteiger partial charge on any atom is 0.253 e. The van der Waals surface area contributed by atoms with Crippen LogP contribution >= 0.6 is 0 Å². The van der Waals surface area contributed by atoms with E-state index < -0.39 is 0 Å². The predicted molar refractivity (Wildman–Crippen MR) is 124 cm³/mol. The smallest absolute Gasteiger partial charge is 0.253 e. The highest BCUT2D eigenvalue weighted by Crippen LogP contribution is 2.19. The Morgan fingerprint density at radius 1 is 0.758 bits per heavy atom. The summed E-state index contributed by atoms with van der Waals surface area (Å²) >= 11 is 0. The number of piperazine rings is 1. The van der Waals surface area contributed by atoms with Crippen LogP contribution in [0.4, 0.5) is 10.1 Å². The third kappa shape index (κ3) is 5.51. The Bertz CT molecular complexity index is 1140. The maximum absolute atomic E-state index is 13.1. The van der Waals surface area contributed by atoms with E-state index in [0.717, 1.165) is 0 Å². The molecule has 1 aliphatic heterocycles. The third-order valence-corrected chi connectivity index (χ3v) is 5.60. The summed E-state index contributed by atoms with van der Waals surface area (Å²) in [7, 11) is 0. The lowest BCUT2D eigenvalue weighted by molar-refractivity contribution is -0.117. The van der Waals surface area contributed by atoms with Gasteiger partial charge in [0.2, 0.25) is 5.91 Å². The first-order valence-electron chi connectivity index (χ1n) is 10.8. The number of para-hydroxylation sites is 1. The Labute approximate surface area is 191 Å². The molecule has 3 aromatic rings. The lowest BCUT2D eigenvalue weighted by atomic mass is 10.0. The number of anilines is 1. The average molecular weight is 445 g/mol. The van der Waals surface area contributed by atoms with Crippen LogP contribution in [0.1, 0.15) is 26.3 Å². The van der Waals surface area contributed by atoms with Crippen molar-refractivity contribution in [2.24, 2.45) is 0 Å². The van der Waals surface area contributed by atoms with E-state index in [4.69, 9.17) is 0 Å². The molecule has 1 N–H and O–H groups in total. The zero-order valence-electron chi connectivity index (χ0n) is 18.0. The van der Waals surface area contributed by atoms with Gasteiger partial charge in [0, 0.05) is 42.9 Å². The lowest BCUT2D eigenvalue weighted by Crippen LogP contribution is -2.50. The van der Waals surface area contributed by atoms with Gasteiger partial charge in [-0.3, -0.25) is 19.3 Å². The molecule has 1 aliphatic rings. The molecule has 1 heterocycles. The number of carbonyl (C=O) groups is 3. The molecule has 33 heavy (non-hydrogen) atoms. The number of nitrogens with zero attached hydrogens (tertiary/aromatic N) is 2. The highest BCUT2D eigenvalue weighted by atomic mass is 19.1. The van der Waals surface area contributed by atoms with Gasteiger partial charge in [-0.25, -0.2) is 4.39 Å². The highest BCUT2D eigenvalue weighted by molar-refractivity contribution is 6.13. The standard InChI is InChI=1S/C26H24FN3O3/c27-21-12-10-20(11-13-21)26(33)30-16-14-29(15-17-30)18-24(31)28-23-9-5-4-8-22(23)25(32)19-6-2-1-3-7-19/h1-13H,14-18H2,(H,28,31). The molecule has 0 atom stereocenters. The van der Waals surface area contributed by atoms with Crippen LogP contribution in [0.3, 0.4) is 0 Å². The van der Waals surface area contributed by atoms with Crippen LogP contribution < -0.4 is 5.32 Å². The number of rotatable bonds is 6. The molecule has 0 radical (unpaired) electrons. The molecule has 0 spiro atoms. The van der Waals surface area contributed by atoms with E-state index in [0.29, 0.717) is 48.6 Å². The van der Waals surface area contributed by atoms with Gasteiger partial charge in [0.15, 0.2) is 5.78 Å². The Balaban J connectivity index is 1.33. The first-order valence-corrected chi connectivity index (χ1v) is 10.8. The summed E-state index contributed by atoms with van der Waals surface area (Å²) in [4.78, 5) is 41.8. The van der Waals surface area contributed by atoms with Gasteiger partial charge in [-0.2, -0.15) is 0 Å². The van der Waals surface area contributed by atoms with E-state index in [-0.39, 0.29) is 30.0 Å². The molecule has 0 bridgehead atoms. The Kier molecular flexibility index (Phi) is 6.90. The maximum atomic E-state index is 13.1. The van der Waals surface area contributed by atoms with Crippen LogP contribution in [0, 0.1) is 5.82 Å². The average Bonchev–Trinajstić information content (AvgIpc) is 2.85. The van der Waals surface area contributed by atoms with E-state index in [9.17, 15) is 18.8 Å². The van der Waals surface area contributed by atoms with Crippen LogP contribution in [0.5, 0.6) is 0 Å². The summed E-state index contributed by atoms with van der Waals surface area (Å²) in [5.74, 6) is -0.900. The second-order valence-corrected chi connectivity index (χ2v) is 7.86. The number of hydrogen-bond acceptors (Lipinski definition) is 4. The minimum absolute atomic E-state index is 0.146. The molecule has 2 amide bonds. The second-order valence-electron chi connectivity index (χ2n) is 7.86. The summed E-state index contributed by atoms with van der Waals surface area (Å²) in [6.07, 6.45) is 0. The summed E-state index contributed by atoms with van der Waals surface area (Å²) < 4.78 is 13.1. The number of nitrogens with one attached hydrogen (secondary N) is 1. The molecule has 1 fully saturated rings. The third-order valence-electron chi connectivity index (χ3n) is 5.60. The minimum Gasteiger partial charge on any atom is -0.336 e. The van der Waals surface area contributed by atoms with E-state index in [1.807, 2.05) is 11.0 Å². The van der Waals surface area contributed by atoms with Gasteiger partial charge in [-0.05, 0) is 36.4 Å². The summed E-state index contributed by atoms with van der Waals surface area (Å²) in [5.41, 5.74) is 1.91. The molecule has 1 saturated heterocycles. The van der Waals surface area contributed by atoms with E-state index in [1.54, 1.807) is 53.4 Å². The number of ketones is 1. The van der Waals surface area contributed by atoms with Crippen molar-refractivity contribution in [1.82, 2.24) is 9.80 Å². The van der Waals surface area contributed by atoms with Gasteiger partial charge >= 0.3 is 0 Å². The fourth-order valence-electron chi connectivity index (χ4n) is 3.81. The van der Waals surface area contributed by atoms with Crippen LogP contribution in [-0.4, -0.2) is 60.1 Å². The van der Waals surface area contributed by atoms with Crippen molar-refractivity contribution >= 4 is 23.3 Å². The summed E-state index contributed by atoms with van der Waals surface area (Å²) in [6, 6.07) is 21.4.